The summed E-state index contributed by atoms with van der Waals surface area (Å²) in [5, 5.41) is 10.3. The van der Waals surface area contributed by atoms with Crippen LogP contribution >= 0.6 is 0 Å². The number of carbonyl (C=O) groups excluding carboxylic acids is 2. The molecule has 3 N–H and O–H groups in total. The first-order valence-corrected chi connectivity index (χ1v) is 8.08. The molecular formula is C20H19N3O3. The number of carbonyl (C=O) groups is 2. The number of hydrogen-bond acceptors (Lipinski definition) is 3. The molecule has 0 spiro atoms. The number of benzene rings is 3. The molecule has 6 heteroatoms. The average molecular weight is 349 g/mol. The van der Waals surface area contributed by atoms with E-state index in [4.69, 9.17) is 4.74 Å². The predicted molar refractivity (Wildman–Crippen MR) is 104 cm³/mol. The summed E-state index contributed by atoms with van der Waals surface area (Å²) in [6, 6.07) is 18.2. The van der Waals surface area contributed by atoms with E-state index in [-0.39, 0.29) is 11.9 Å². The van der Waals surface area contributed by atoms with Crippen molar-refractivity contribution in [3.8, 4) is 5.75 Å². The maximum Gasteiger partial charge on any atom is 0.323 e. The van der Waals surface area contributed by atoms with Gasteiger partial charge < -0.3 is 20.7 Å². The topological polar surface area (TPSA) is 79.5 Å². The van der Waals surface area contributed by atoms with Crippen molar-refractivity contribution in [3.05, 3.63) is 60.7 Å². The second-order valence-corrected chi connectivity index (χ2v) is 5.70. The second kappa shape index (κ2) is 7.57. The molecule has 26 heavy (non-hydrogen) atoms. The summed E-state index contributed by atoms with van der Waals surface area (Å²) in [7, 11) is 1.50. The molecule has 0 aliphatic rings. The molecule has 3 aromatic carbocycles. The average Bonchev–Trinajstić information content (AvgIpc) is 2.63. The summed E-state index contributed by atoms with van der Waals surface area (Å²) >= 11 is 0. The molecule has 0 heterocycles. The first kappa shape index (κ1) is 17.3. The van der Waals surface area contributed by atoms with E-state index < -0.39 is 0 Å². The van der Waals surface area contributed by atoms with Crippen molar-refractivity contribution in [2.24, 2.45) is 0 Å². The van der Waals surface area contributed by atoms with E-state index in [9.17, 15) is 9.59 Å². The third kappa shape index (κ3) is 3.92. The van der Waals surface area contributed by atoms with Gasteiger partial charge in [0.2, 0.25) is 5.91 Å². The number of rotatable bonds is 4. The van der Waals surface area contributed by atoms with Gasteiger partial charge in [-0.3, -0.25) is 4.79 Å². The van der Waals surface area contributed by atoms with Gasteiger partial charge in [-0.15, -0.1) is 0 Å². The lowest BCUT2D eigenvalue weighted by Gasteiger charge is -2.13. The Morgan fingerprint density at radius 3 is 2.38 bits per heavy atom. The standard InChI is InChI=1S/C20H19N3O3/c1-13(24)21-18-11-10-15(12-19(18)26-2)22-20(25)23-17-9-5-7-14-6-3-4-8-16(14)17/h3-12H,1-2H3,(H,21,24)(H2,22,23,25). The molecule has 0 aliphatic carbocycles. The van der Waals surface area contributed by atoms with Crippen LogP contribution in [0.15, 0.2) is 60.7 Å². The van der Waals surface area contributed by atoms with Gasteiger partial charge in [0.25, 0.3) is 0 Å². The van der Waals surface area contributed by atoms with E-state index in [1.165, 1.54) is 14.0 Å². The Balaban J connectivity index is 1.76. The fraction of sp³-hybridized carbons (Fsp3) is 0.100. The number of nitrogens with one attached hydrogen (secondary N) is 3. The number of methoxy groups -OCH3 is 1. The molecule has 6 nitrogen and oxygen atoms in total. The lowest BCUT2D eigenvalue weighted by Crippen LogP contribution is -2.19. The second-order valence-electron chi connectivity index (χ2n) is 5.70. The molecular weight excluding hydrogens is 330 g/mol. The zero-order chi connectivity index (χ0) is 18.5. The van der Waals surface area contributed by atoms with Gasteiger partial charge in [0.1, 0.15) is 5.75 Å². The molecule has 3 amide bonds. The minimum absolute atomic E-state index is 0.197. The number of fused-ring (bicyclic) bond motifs is 1. The van der Waals surface area contributed by atoms with Crippen molar-refractivity contribution in [1.29, 1.82) is 0 Å². The molecule has 0 aliphatic heterocycles. The maximum absolute atomic E-state index is 12.4. The smallest absolute Gasteiger partial charge is 0.323 e. The SMILES string of the molecule is COc1cc(NC(=O)Nc2cccc3ccccc23)ccc1NC(C)=O. The fourth-order valence-corrected chi connectivity index (χ4v) is 2.68. The summed E-state index contributed by atoms with van der Waals surface area (Å²) < 4.78 is 5.26. The third-order valence-corrected chi connectivity index (χ3v) is 3.81. The largest absolute Gasteiger partial charge is 0.494 e. The van der Waals surface area contributed by atoms with E-state index >= 15 is 0 Å². The quantitative estimate of drug-likeness (QED) is 0.651. The van der Waals surface area contributed by atoms with Crippen LogP contribution in [-0.4, -0.2) is 19.0 Å². The molecule has 132 valence electrons. The molecule has 3 aromatic rings. The molecule has 0 saturated carbocycles. The lowest BCUT2D eigenvalue weighted by molar-refractivity contribution is -0.114. The van der Waals surface area contributed by atoms with E-state index in [0.717, 1.165) is 16.5 Å². The Bertz CT molecular complexity index is 964. The van der Waals surface area contributed by atoms with E-state index in [2.05, 4.69) is 16.0 Å². The minimum atomic E-state index is -0.365. The van der Waals surface area contributed by atoms with Crippen LogP contribution in [0.2, 0.25) is 0 Å². The number of ether oxygens (including phenoxy) is 1. The Kier molecular flexibility index (Phi) is 5.03. The van der Waals surface area contributed by atoms with Gasteiger partial charge in [-0.05, 0) is 23.6 Å². The van der Waals surface area contributed by atoms with E-state index in [1.807, 2.05) is 42.5 Å². The van der Waals surface area contributed by atoms with Gasteiger partial charge in [-0.1, -0.05) is 36.4 Å². The highest BCUT2D eigenvalue weighted by molar-refractivity contribution is 6.06. The van der Waals surface area contributed by atoms with Crippen LogP contribution in [0.25, 0.3) is 10.8 Å². The Morgan fingerprint density at radius 2 is 1.62 bits per heavy atom. The van der Waals surface area contributed by atoms with Crippen molar-refractivity contribution < 1.29 is 14.3 Å². The highest BCUT2D eigenvalue weighted by Crippen LogP contribution is 2.28. The third-order valence-electron chi connectivity index (χ3n) is 3.81. The summed E-state index contributed by atoms with van der Waals surface area (Å²) in [6.07, 6.45) is 0. The van der Waals surface area contributed by atoms with Gasteiger partial charge in [-0.25, -0.2) is 4.79 Å². The van der Waals surface area contributed by atoms with Gasteiger partial charge >= 0.3 is 6.03 Å². The predicted octanol–water partition coefficient (Wildman–Crippen LogP) is 4.45. The van der Waals surface area contributed by atoms with Crippen molar-refractivity contribution in [1.82, 2.24) is 0 Å². The highest BCUT2D eigenvalue weighted by Gasteiger charge is 2.09. The number of amides is 3. The minimum Gasteiger partial charge on any atom is -0.494 e. The van der Waals surface area contributed by atoms with Crippen LogP contribution in [0.3, 0.4) is 0 Å². The Morgan fingerprint density at radius 1 is 0.846 bits per heavy atom. The summed E-state index contributed by atoms with van der Waals surface area (Å²) in [5.74, 6) is 0.265. The number of urea groups is 1. The first-order chi connectivity index (χ1) is 12.6. The van der Waals surface area contributed by atoms with Gasteiger partial charge in [0.15, 0.2) is 0 Å². The van der Waals surface area contributed by atoms with Crippen LogP contribution < -0.4 is 20.7 Å². The zero-order valence-corrected chi connectivity index (χ0v) is 14.5. The molecule has 0 atom stereocenters. The molecule has 0 radical (unpaired) electrons. The molecule has 3 rings (SSSR count). The van der Waals surface area contributed by atoms with E-state index in [0.29, 0.717) is 17.1 Å². The molecule has 0 fully saturated rings. The van der Waals surface area contributed by atoms with Crippen molar-refractivity contribution in [2.75, 3.05) is 23.1 Å². The van der Waals surface area contributed by atoms with Gasteiger partial charge in [0.05, 0.1) is 18.5 Å². The Labute approximate surface area is 151 Å². The van der Waals surface area contributed by atoms with Crippen molar-refractivity contribution >= 4 is 39.8 Å². The first-order valence-electron chi connectivity index (χ1n) is 8.08. The summed E-state index contributed by atoms with van der Waals surface area (Å²) in [4.78, 5) is 23.6. The molecule has 0 aromatic heterocycles. The highest BCUT2D eigenvalue weighted by atomic mass is 16.5. The van der Waals surface area contributed by atoms with Crippen molar-refractivity contribution in [2.45, 2.75) is 6.92 Å². The van der Waals surface area contributed by atoms with Crippen LogP contribution in [0, 0.1) is 0 Å². The molecule has 0 unspecified atom stereocenters. The number of hydrogen-bond donors (Lipinski definition) is 3. The van der Waals surface area contributed by atoms with Crippen LogP contribution in [0.1, 0.15) is 6.92 Å². The van der Waals surface area contributed by atoms with E-state index in [1.54, 1.807) is 18.2 Å². The van der Waals surface area contributed by atoms with Crippen LogP contribution in [0.5, 0.6) is 5.75 Å². The molecule has 0 bridgehead atoms. The summed E-state index contributed by atoms with van der Waals surface area (Å²) in [5.41, 5.74) is 1.82. The van der Waals surface area contributed by atoms with Crippen molar-refractivity contribution in [3.63, 3.8) is 0 Å². The molecule has 0 saturated heterocycles. The monoisotopic (exact) mass is 349 g/mol. The normalized spacial score (nSPS) is 10.2. The fourth-order valence-electron chi connectivity index (χ4n) is 2.68. The van der Waals surface area contributed by atoms with Crippen LogP contribution in [-0.2, 0) is 4.79 Å². The Hall–Kier alpha value is -3.54. The van der Waals surface area contributed by atoms with Gasteiger partial charge in [-0.2, -0.15) is 0 Å². The van der Waals surface area contributed by atoms with Crippen LogP contribution in [0.4, 0.5) is 21.9 Å². The lowest BCUT2D eigenvalue weighted by atomic mass is 10.1. The maximum atomic E-state index is 12.4. The van der Waals surface area contributed by atoms with Gasteiger partial charge in [0, 0.05) is 24.1 Å². The summed E-state index contributed by atoms with van der Waals surface area (Å²) in [6.45, 7) is 1.42. The number of anilines is 3. The zero-order valence-electron chi connectivity index (χ0n) is 14.5.